The van der Waals surface area contributed by atoms with Gasteiger partial charge in [0.25, 0.3) is 0 Å². The number of benzene rings is 6. The van der Waals surface area contributed by atoms with Gasteiger partial charge in [-0.2, -0.15) is 0 Å². The van der Waals surface area contributed by atoms with E-state index in [0.29, 0.717) is 55.0 Å². The van der Waals surface area contributed by atoms with Crippen LogP contribution in [-0.4, -0.2) is 22.7 Å². The van der Waals surface area contributed by atoms with Crippen molar-refractivity contribution >= 4 is 103 Å². The molecular weight excluding hydrogens is 1400 g/mol. The molecule has 2 fully saturated rings. The van der Waals surface area contributed by atoms with Crippen LogP contribution in [0.15, 0.2) is 146 Å². The molecule has 342 valence electrons. The maximum atomic E-state index is 13.4. The van der Waals surface area contributed by atoms with Gasteiger partial charge in [0, 0.05) is 60.6 Å². The van der Waals surface area contributed by atoms with Gasteiger partial charge in [-0.15, -0.1) is 0 Å². The number of ketones is 1. The summed E-state index contributed by atoms with van der Waals surface area (Å²) in [6, 6.07) is 38.5. The predicted molar refractivity (Wildman–Crippen MR) is 279 cm³/mol. The predicted octanol–water partition coefficient (Wildman–Crippen LogP) is 11.7. The molecule has 5 atom stereocenters. The average molecular weight is 1450 g/mol. The molecule has 2 heterocycles. The zero-order valence-electron chi connectivity index (χ0n) is 35.0. The quantitative estimate of drug-likeness (QED) is 0.0573. The van der Waals surface area contributed by atoms with Crippen LogP contribution < -0.4 is 23.1 Å². The normalized spacial score (nSPS) is 17.8. The molecule has 65 heavy (non-hydrogen) atoms. The first kappa shape index (κ1) is 53.2. The van der Waals surface area contributed by atoms with Crippen LogP contribution in [0.3, 0.4) is 0 Å². The first-order chi connectivity index (χ1) is 31.3. The summed E-state index contributed by atoms with van der Waals surface area (Å²) in [5.74, 6) is -2.33. The van der Waals surface area contributed by atoms with E-state index in [1.807, 2.05) is 62.4 Å². The van der Waals surface area contributed by atoms with Crippen LogP contribution in [0.4, 0.5) is 28.9 Å². The van der Waals surface area contributed by atoms with Gasteiger partial charge in [0.15, 0.2) is 5.78 Å². The summed E-state index contributed by atoms with van der Waals surface area (Å²) >= 11 is 9.54. The Labute approximate surface area is 430 Å². The van der Waals surface area contributed by atoms with Crippen LogP contribution in [0.1, 0.15) is 82.0 Å². The number of hydrogen-bond donors (Lipinski definition) is 1. The van der Waals surface area contributed by atoms with Crippen LogP contribution in [0.5, 0.6) is 0 Å². The van der Waals surface area contributed by atoms with Crippen LogP contribution in [0, 0.1) is 49.0 Å². The molecule has 6 aromatic carbocycles. The summed E-state index contributed by atoms with van der Waals surface area (Å²) in [5.41, 5.74) is 6.57. The molecule has 0 unspecified atom stereocenters. The molecule has 2 aliphatic heterocycles. The number of amides is 2. The SMILES string of the molecule is Cc1ccc([C@@H]2[C@@H](CCC(=O)c3ccc(F)cc3)C(=O)N2c2ccc(F)cc2)cc1.Cc1ccc([C@@H]2[C@@H](CC[C@H](O)c3ccc(F)cc3)C(=O)N2c2ccc(F)cc2)cc1.II.I[I-]I. The van der Waals surface area contributed by atoms with Crippen LogP contribution in [0.25, 0.3) is 0 Å². The molecule has 0 spiro atoms. The topological polar surface area (TPSA) is 77.9 Å². The Bertz CT molecular complexity index is 2470. The second-order valence-electron chi connectivity index (χ2n) is 15.5. The maximum absolute atomic E-state index is 13.4. The molecule has 1 N–H and O–H groups in total. The van der Waals surface area contributed by atoms with E-state index in [1.54, 1.807) is 46.2 Å². The van der Waals surface area contributed by atoms with Gasteiger partial charge in [-0.3, -0.25) is 14.4 Å². The molecule has 6 nitrogen and oxygen atoms in total. The van der Waals surface area contributed by atoms with Crippen LogP contribution in [0.2, 0.25) is 0 Å². The van der Waals surface area contributed by atoms with Gasteiger partial charge in [0.05, 0.1) is 30.0 Å². The molecule has 2 amide bonds. The van der Waals surface area contributed by atoms with Crippen molar-refractivity contribution in [1.29, 1.82) is 0 Å². The van der Waals surface area contributed by atoms with Gasteiger partial charge < -0.3 is 14.9 Å². The van der Waals surface area contributed by atoms with E-state index >= 15 is 0 Å². The van der Waals surface area contributed by atoms with E-state index in [2.05, 4.69) is 74.5 Å². The van der Waals surface area contributed by atoms with Crippen molar-refractivity contribution in [2.75, 3.05) is 9.80 Å². The standard InChI is InChI=1S/C25H23F2NO2.C25H21F2NO2.I3.I2/c2*1-16-2-4-18(5-3-16)24-22(14-15-23(29)17-6-8-19(26)9-7-17)25(30)28(24)21-12-10-20(27)11-13-21;1-3-2;1-2/h2-13,22-24,29H,14-15H2,1H3;2-13,22,24H,14-15H2,1H3;;/q;;-1;/t22-,23+,24-;22-,24-;;/m11../s1. The molecule has 0 saturated carbocycles. The van der Waals surface area contributed by atoms with Gasteiger partial charge in [-0.25, -0.2) is 17.6 Å². The molecule has 8 rings (SSSR count). The summed E-state index contributed by atoms with van der Waals surface area (Å²) in [6.07, 6.45) is 0.708. The molecule has 0 radical (unpaired) electrons. The number of rotatable bonds is 12. The zero-order chi connectivity index (χ0) is 47.2. The van der Waals surface area contributed by atoms with Gasteiger partial charge in [0.1, 0.15) is 23.3 Å². The number of carbonyl (C=O) groups is 3. The molecular formula is C50H44F4I5N2O4-. The van der Waals surface area contributed by atoms with Gasteiger partial charge in [-0.05, 0) is 135 Å². The second-order valence-corrected chi connectivity index (χ2v) is 31.7. The van der Waals surface area contributed by atoms with E-state index < -0.39 is 11.9 Å². The number of Topliss-reactive ketones (excluding diaryl/α,β-unsaturated/α-hetero) is 1. The summed E-state index contributed by atoms with van der Waals surface area (Å²) < 4.78 is 52.9. The summed E-state index contributed by atoms with van der Waals surface area (Å²) in [6.45, 7) is 4.00. The van der Waals surface area contributed by atoms with E-state index in [0.717, 1.165) is 22.3 Å². The van der Waals surface area contributed by atoms with E-state index in [9.17, 15) is 37.1 Å². The first-order valence-electron chi connectivity index (χ1n) is 20.3. The number of nitrogens with zero attached hydrogens (tertiary/aromatic N) is 2. The third-order valence-corrected chi connectivity index (χ3v) is 11.3. The fourth-order valence-corrected chi connectivity index (χ4v) is 7.98. The minimum absolute atomic E-state index is 0.0431. The molecule has 0 bridgehead atoms. The average Bonchev–Trinajstić information content (AvgIpc) is 3.31. The number of carbonyl (C=O) groups excluding carboxylic acids is 3. The molecule has 2 saturated heterocycles. The first-order valence-corrected chi connectivity index (χ1v) is 39.2. The molecule has 6 aromatic rings. The Morgan fingerprint density at radius 2 is 0.908 bits per heavy atom. The molecule has 0 aromatic heterocycles. The third-order valence-electron chi connectivity index (χ3n) is 11.3. The zero-order valence-corrected chi connectivity index (χ0v) is 45.8. The van der Waals surface area contributed by atoms with E-state index in [1.165, 1.54) is 60.7 Å². The number of aliphatic hydroxyl groups excluding tert-OH is 1. The second kappa shape index (κ2) is 26.1. The van der Waals surface area contributed by atoms with Crippen molar-refractivity contribution in [3.8, 4) is 0 Å². The van der Waals surface area contributed by atoms with Crippen LogP contribution in [-0.2, 0) is 9.59 Å². The van der Waals surface area contributed by atoms with Crippen molar-refractivity contribution < 1.29 is 50.3 Å². The number of halogens is 9. The number of hydrogen-bond acceptors (Lipinski definition) is 4. The molecule has 15 heteroatoms. The van der Waals surface area contributed by atoms with Gasteiger partial charge in [0.2, 0.25) is 11.8 Å². The van der Waals surface area contributed by atoms with Crippen molar-refractivity contribution in [1.82, 2.24) is 0 Å². The summed E-state index contributed by atoms with van der Waals surface area (Å²) in [7, 11) is 0. The van der Waals surface area contributed by atoms with Gasteiger partial charge >= 0.3 is 50.5 Å². The van der Waals surface area contributed by atoms with E-state index in [4.69, 9.17) is 0 Å². The fraction of sp³-hybridized carbons (Fsp3) is 0.220. The third kappa shape index (κ3) is 14.2. The Balaban J connectivity index is 0.000000222. The number of aryl methyl sites for hydroxylation is 2. The minimum atomic E-state index is -0.767. The summed E-state index contributed by atoms with van der Waals surface area (Å²) in [5, 5.41) is 10.5. The number of anilines is 2. The Hall–Kier alpha value is -2.74. The molecule has 2 aliphatic rings. The fourth-order valence-electron chi connectivity index (χ4n) is 7.98. The number of aliphatic hydroxyl groups is 1. The van der Waals surface area contributed by atoms with Gasteiger partial charge in [-0.1, -0.05) is 71.8 Å². The number of β-lactam (4-membered cyclic amide) rings is 2. The van der Waals surface area contributed by atoms with Crippen molar-refractivity contribution in [3.05, 3.63) is 202 Å². The van der Waals surface area contributed by atoms with Crippen molar-refractivity contribution in [2.45, 2.75) is 57.7 Å². The van der Waals surface area contributed by atoms with Crippen molar-refractivity contribution in [2.24, 2.45) is 11.8 Å². The monoisotopic (exact) mass is 1450 g/mol. The Morgan fingerprint density at radius 3 is 1.29 bits per heavy atom. The van der Waals surface area contributed by atoms with Crippen LogP contribution >= 0.6 is 74.5 Å². The molecule has 0 aliphatic carbocycles. The van der Waals surface area contributed by atoms with Crippen molar-refractivity contribution in [3.63, 3.8) is 0 Å². The summed E-state index contributed by atoms with van der Waals surface area (Å²) in [4.78, 5) is 41.8. The Morgan fingerprint density at radius 1 is 0.569 bits per heavy atom. The Kier molecular flexibility index (Phi) is 21.4. The van der Waals surface area contributed by atoms with E-state index in [-0.39, 0.29) is 65.4 Å².